The van der Waals surface area contributed by atoms with Gasteiger partial charge in [0.05, 0.1) is 21.7 Å². The highest BCUT2D eigenvalue weighted by molar-refractivity contribution is 14.1. The van der Waals surface area contributed by atoms with Gasteiger partial charge >= 0.3 is 6.18 Å². The molecule has 0 N–H and O–H groups in total. The Morgan fingerprint density at radius 3 is 2.66 bits per heavy atom. The molecule has 6 nitrogen and oxygen atoms in total. The molecule has 0 saturated heterocycles. The van der Waals surface area contributed by atoms with Gasteiger partial charge in [-0.15, -0.1) is 0 Å². The van der Waals surface area contributed by atoms with Crippen molar-refractivity contribution in [3.8, 4) is 11.5 Å². The molecule has 0 fully saturated rings. The van der Waals surface area contributed by atoms with E-state index in [0.717, 1.165) is 16.8 Å². The molecule has 148 valence electrons. The van der Waals surface area contributed by atoms with Gasteiger partial charge in [-0.05, 0) is 59.8 Å². The van der Waals surface area contributed by atoms with Crippen molar-refractivity contribution in [2.24, 2.45) is 0 Å². The van der Waals surface area contributed by atoms with Crippen LogP contribution in [-0.4, -0.2) is 25.8 Å². The Morgan fingerprint density at radius 1 is 1.24 bits per heavy atom. The molecule has 11 heteroatoms. The minimum atomic E-state index is -4.75. The first-order chi connectivity index (χ1) is 13.7. The fraction of sp³-hybridized carbons (Fsp3) is 0.111. The minimum absolute atomic E-state index is 0.216. The average molecular weight is 533 g/mol. The summed E-state index contributed by atoms with van der Waals surface area (Å²) in [4.78, 5) is 17.2. The first kappa shape index (κ1) is 19.8. The molecule has 4 aromatic rings. The molecular formula is C18H9ClF3IN4O2. The van der Waals surface area contributed by atoms with E-state index in [0.29, 0.717) is 26.0 Å². The Hall–Kier alpha value is -2.47. The Morgan fingerprint density at radius 2 is 2.00 bits per heavy atom. The molecule has 0 unspecified atom stereocenters. The summed E-state index contributed by atoms with van der Waals surface area (Å²) in [6.45, 7) is 1.65. The van der Waals surface area contributed by atoms with Gasteiger partial charge in [0.1, 0.15) is 3.70 Å². The van der Waals surface area contributed by atoms with E-state index in [1.165, 1.54) is 6.07 Å². The largest absolute Gasteiger partial charge is 0.417 e. The van der Waals surface area contributed by atoms with Crippen LogP contribution < -0.4 is 0 Å². The number of benzene rings is 2. The predicted molar refractivity (Wildman–Crippen MR) is 107 cm³/mol. The van der Waals surface area contributed by atoms with Crippen molar-refractivity contribution >= 4 is 51.0 Å². The molecule has 0 radical (unpaired) electrons. The molecule has 2 aromatic carbocycles. The highest BCUT2D eigenvalue weighted by Crippen LogP contribution is 2.36. The summed E-state index contributed by atoms with van der Waals surface area (Å²) in [6, 6.07) is 8.11. The molecule has 0 aliphatic heterocycles. The van der Waals surface area contributed by atoms with E-state index in [1.54, 1.807) is 25.1 Å². The zero-order valence-electron chi connectivity index (χ0n) is 14.5. The van der Waals surface area contributed by atoms with Crippen molar-refractivity contribution in [1.82, 2.24) is 19.9 Å². The maximum atomic E-state index is 13.4. The highest BCUT2D eigenvalue weighted by atomic mass is 127. The van der Waals surface area contributed by atoms with Crippen LogP contribution >= 0.6 is 34.2 Å². The number of fused-ring (bicyclic) bond motifs is 1. The van der Waals surface area contributed by atoms with Crippen molar-refractivity contribution in [2.75, 3.05) is 0 Å². The molecule has 29 heavy (non-hydrogen) atoms. The molecule has 2 heterocycles. The van der Waals surface area contributed by atoms with Gasteiger partial charge in [-0.25, -0.2) is 0 Å². The topological polar surface area (TPSA) is 73.8 Å². The SMILES string of the molecule is Cc1noc(-c2ccc3c(I)nn(C(=O)c4c(Cl)cccc4C(F)(F)F)c3c2)n1. The van der Waals surface area contributed by atoms with Crippen molar-refractivity contribution in [3.05, 3.63) is 62.1 Å². The molecule has 0 aliphatic carbocycles. The highest BCUT2D eigenvalue weighted by Gasteiger charge is 2.37. The summed E-state index contributed by atoms with van der Waals surface area (Å²) >= 11 is 7.88. The lowest BCUT2D eigenvalue weighted by Crippen LogP contribution is -2.20. The van der Waals surface area contributed by atoms with E-state index in [1.807, 2.05) is 22.6 Å². The van der Waals surface area contributed by atoms with Crippen molar-refractivity contribution in [3.63, 3.8) is 0 Å². The van der Waals surface area contributed by atoms with Gasteiger partial charge in [0.2, 0.25) is 0 Å². The van der Waals surface area contributed by atoms with Crippen LogP contribution in [0.2, 0.25) is 5.02 Å². The second-order valence-corrected chi connectivity index (χ2v) is 7.48. The molecule has 4 rings (SSSR count). The quantitative estimate of drug-likeness (QED) is 0.325. The third-order valence-electron chi connectivity index (χ3n) is 4.14. The van der Waals surface area contributed by atoms with Gasteiger partial charge in [-0.3, -0.25) is 4.79 Å². The van der Waals surface area contributed by atoms with E-state index in [4.69, 9.17) is 16.1 Å². The average Bonchev–Trinajstić information content (AvgIpc) is 3.23. The normalized spacial score (nSPS) is 11.9. The number of aryl methyl sites for hydroxylation is 1. The zero-order valence-corrected chi connectivity index (χ0v) is 17.4. The Balaban J connectivity index is 1.92. The molecule has 0 aliphatic rings. The van der Waals surface area contributed by atoms with Gasteiger partial charge in [-0.1, -0.05) is 22.8 Å². The Bertz CT molecular complexity index is 1270. The summed E-state index contributed by atoms with van der Waals surface area (Å²) < 4.78 is 46.8. The standard InChI is InChI=1S/C18H9ClF3IN4O2/c1-8-24-16(29-26-8)9-5-6-10-13(7-9)27(25-15(10)23)17(28)14-11(18(20,21)22)3-2-4-12(14)19/h2-7H,1H3. The number of nitrogens with zero attached hydrogens (tertiary/aromatic N) is 4. The van der Waals surface area contributed by atoms with Crippen LogP contribution in [0.1, 0.15) is 21.7 Å². The number of carbonyl (C=O) groups is 1. The third-order valence-corrected chi connectivity index (χ3v) is 5.25. The molecule has 0 atom stereocenters. The number of aromatic nitrogens is 4. The first-order valence-corrected chi connectivity index (χ1v) is 9.52. The fourth-order valence-electron chi connectivity index (χ4n) is 2.86. The van der Waals surface area contributed by atoms with Crippen molar-refractivity contribution < 1.29 is 22.5 Å². The summed E-state index contributed by atoms with van der Waals surface area (Å²) in [6.07, 6.45) is -4.75. The lowest BCUT2D eigenvalue weighted by atomic mass is 10.1. The fourth-order valence-corrected chi connectivity index (χ4v) is 3.79. The number of alkyl halides is 3. The van der Waals surface area contributed by atoms with Crippen LogP contribution in [0.4, 0.5) is 13.2 Å². The van der Waals surface area contributed by atoms with Crippen molar-refractivity contribution in [1.29, 1.82) is 0 Å². The first-order valence-electron chi connectivity index (χ1n) is 8.06. The van der Waals surface area contributed by atoms with Crippen LogP contribution in [0.15, 0.2) is 40.9 Å². The summed E-state index contributed by atoms with van der Waals surface area (Å²) in [7, 11) is 0. The maximum absolute atomic E-state index is 13.4. The van der Waals surface area contributed by atoms with Crippen LogP contribution in [0.25, 0.3) is 22.4 Å². The number of halogens is 5. The van der Waals surface area contributed by atoms with Gasteiger partial charge in [-0.2, -0.15) is 27.9 Å². The lowest BCUT2D eigenvalue weighted by Gasteiger charge is -2.13. The van der Waals surface area contributed by atoms with E-state index in [2.05, 4.69) is 15.2 Å². The van der Waals surface area contributed by atoms with E-state index >= 15 is 0 Å². The van der Waals surface area contributed by atoms with Crippen LogP contribution in [0, 0.1) is 10.6 Å². The smallest absolute Gasteiger partial charge is 0.334 e. The second-order valence-electron chi connectivity index (χ2n) is 6.05. The maximum Gasteiger partial charge on any atom is 0.417 e. The third kappa shape index (κ3) is 3.50. The van der Waals surface area contributed by atoms with E-state index < -0.39 is 23.2 Å². The zero-order chi connectivity index (χ0) is 20.9. The summed E-state index contributed by atoms with van der Waals surface area (Å²) in [5.41, 5.74) is -1.00. The van der Waals surface area contributed by atoms with Crippen LogP contribution in [0.3, 0.4) is 0 Å². The van der Waals surface area contributed by atoms with Crippen LogP contribution in [-0.2, 0) is 6.18 Å². The number of rotatable bonds is 2. The Labute approximate surface area is 179 Å². The monoisotopic (exact) mass is 532 g/mol. The molecular weight excluding hydrogens is 524 g/mol. The van der Waals surface area contributed by atoms with Gasteiger partial charge in [0.25, 0.3) is 11.8 Å². The molecule has 0 bridgehead atoms. The Kier molecular flexibility index (Phi) is 4.85. The van der Waals surface area contributed by atoms with Crippen LogP contribution in [0.5, 0.6) is 0 Å². The predicted octanol–water partition coefficient (Wildman–Crippen LogP) is 5.36. The minimum Gasteiger partial charge on any atom is -0.334 e. The summed E-state index contributed by atoms with van der Waals surface area (Å²) in [5, 5.41) is 8.12. The lowest BCUT2D eigenvalue weighted by molar-refractivity contribution is -0.137. The van der Waals surface area contributed by atoms with Gasteiger partial charge in [0, 0.05) is 10.9 Å². The second kappa shape index (κ2) is 7.10. The van der Waals surface area contributed by atoms with Gasteiger partial charge in [0.15, 0.2) is 5.82 Å². The summed E-state index contributed by atoms with van der Waals surface area (Å²) in [5.74, 6) is -0.354. The number of hydrogen-bond donors (Lipinski definition) is 0. The molecule has 0 saturated carbocycles. The van der Waals surface area contributed by atoms with Crippen molar-refractivity contribution in [2.45, 2.75) is 13.1 Å². The van der Waals surface area contributed by atoms with Gasteiger partial charge < -0.3 is 4.52 Å². The molecule has 0 spiro atoms. The van der Waals surface area contributed by atoms with E-state index in [9.17, 15) is 18.0 Å². The molecule has 2 aromatic heterocycles. The number of hydrogen-bond acceptors (Lipinski definition) is 5. The molecule has 0 amide bonds. The number of carbonyl (C=O) groups excluding carboxylic acids is 1. The van der Waals surface area contributed by atoms with E-state index in [-0.39, 0.29) is 10.9 Å².